The van der Waals surface area contributed by atoms with Crippen molar-refractivity contribution in [2.75, 3.05) is 26.2 Å². The van der Waals surface area contributed by atoms with Crippen molar-refractivity contribution in [2.45, 2.75) is 38.6 Å². The van der Waals surface area contributed by atoms with E-state index < -0.39 is 0 Å². The molecule has 2 aliphatic heterocycles. The van der Waals surface area contributed by atoms with Gasteiger partial charge in [-0.3, -0.25) is 9.59 Å². The molecule has 25 heavy (non-hydrogen) atoms. The highest BCUT2D eigenvalue weighted by Gasteiger charge is 2.28. The molecule has 1 aromatic heterocycles. The van der Waals surface area contributed by atoms with E-state index in [1.807, 2.05) is 11.8 Å². The van der Waals surface area contributed by atoms with E-state index in [1.165, 1.54) is 11.3 Å². The number of piperidine rings is 1. The van der Waals surface area contributed by atoms with E-state index in [2.05, 4.69) is 15.6 Å². The van der Waals surface area contributed by atoms with Gasteiger partial charge in [0, 0.05) is 19.6 Å². The maximum atomic E-state index is 12.6. The molecule has 0 radical (unpaired) electrons. The van der Waals surface area contributed by atoms with Crippen LogP contribution >= 0.6 is 36.2 Å². The molecule has 2 atom stereocenters. The molecule has 0 aromatic carbocycles. The fourth-order valence-corrected chi connectivity index (χ4v) is 4.11. The van der Waals surface area contributed by atoms with Crippen LogP contribution in [0.4, 0.5) is 0 Å². The first-order chi connectivity index (χ1) is 11.1. The molecule has 0 spiro atoms. The van der Waals surface area contributed by atoms with E-state index in [-0.39, 0.29) is 42.7 Å². The van der Waals surface area contributed by atoms with Crippen molar-refractivity contribution in [2.24, 2.45) is 5.92 Å². The summed E-state index contributed by atoms with van der Waals surface area (Å²) in [5.41, 5.74) is 2.53. The molecular formula is C16H26Cl2N4O2S. The van der Waals surface area contributed by atoms with E-state index in [0.29, 0.717) is 19.0 Å². The lowest BCUT2D eigenvalue weighted by Gasteiger charge is -2.32. The molecule has 2 unspecified atom stereocenters. The van der Waals surface area contributed by atoms with E-state index in [1.54, 1.807) is 5.51 Å². The molecule has 9 heteroatoms. The van der Waals surface area contributed by atoms with Crippen molar-refractivity contribution in [3.63, 3.8) is 0 Å². The maximum Gasteiger partial charge on any atom is 0.265 e. The van der Waals surface area contributed by atoms with E-state index in [4.69, 9.17) is 0 Å². The van der Waals surface area contributed by atoms with Crippen molar-refractivity contribution in [3.05, 3.63) is 16.1 Å². The fourth-order valence-electron chi connectivity index (χ4n) is 3.34. The first-order valence-electron chi connectivity index (χ1n) is 8.35. The van der Waals surface area contributed by atoms with Gasteiger partial charge in [0.25, 0.3) is 5.91 Å². The second-order valence-electron chi connectivity index (χ2n) is 6.42. The molecule has 2 saturated heterocycles. The Kier molecular flexibility index (Phi) is 9.13. The van der Waals surface area contributed by atoms with Gasteiger partial charge in [-0.1, -0.05) is 0 Å². The third-order valence-electron chi connectivity index (χ3n) is 4.69. The van der Waals surface area contributed by atoms with Crippen molar-refractivity contribution < 1.29 is 9.59 Å². The predicted octanol–water partition coefficient (Wildman–Crippen LogP) is 2.02. The summed E-state index contributed by atoms with van der Waals surface area (Å²) in [5.74, 6) is 0.522. The second-order valence-corrected chi connectivity index (χ2v) is 7.28. The quantitative estimate of drug-likeness (QED) is 0.798. The number of carbonyl (C=O) groups is 2. The molecule has 2 amide bonds. The summed E-state index contributed by atoms with van der Waals surface area (Å²) in [7, 11) is 0. The van der Waals surface area contributed by atoms with Gasteiger partial charge in [0.05, 0.1) is 17.2 Å². The van der Waals surface area contributed by atoms with Crippen LogP contribution in [0, 0.1) is 12.8 Å². The molecule has 1 aromatic rings. The molecule has 0 saturated carbocycles. The van der Waals surface area contributed by atoms with Gasteiger partial charge in [-0.15, -0.1) is 36.2 Å². The smallest absolute Gasteiger partial charge is 0.265 e. The molecule has 2 aliphatic rings. The molecular weight excluding hydrogens is 383 g/mol. The number of thiazole rings is 1. The summed E-state index contributed by atoms with van der Waals surface area (Å²) in [6.07, 6.45) is 4.04. The average molecular weight is 409 g/mol. The monoisotopic (exact) mass is 408 g/mol. The van der Waals surface area contributed by atoms with Gasteiger partial charge in [0.2, 0.25) is 5.91 Å². The standard InChI is InChI=1S/C16H24N4O2S.2ClH/c1-11-14(23-10-19-11)16(22)20-7-3-4-12(9-20)8-18-15(21)13-5-2-6-17-13;;/h10,12-13,17H,2-9H2,1H3,(H,18,21);2*1H. The van der Waals surface area contributed by atoms with Crippen molar-refractivity contribution in [3.8, 4) is 0 Å². The predicted molar refractivity (Wildman–Crippen MR) is 104 cm³/mol. The van der Waals surface area contributed by atoms with Crippen LogP contribution in [0.1, 0.15) is 41.0 Å². The Morgan fingerprint density at radius 3 is 2.80 bits per heavy atom. The number of rotatable bonds is 4. The van der Waals surface area contributed by atoms with Gasteiger partial charge in [-0.2, -0.15) is 0 Å². The number of aromatic nitrogens is 1. The molecule has 0 bridgehead atoms. The highest BCUT2D eigenvalue weighted by atomic mass is 35.5. The SMILES string of the molecule is Cc1ncsc1C(=O)N1CCCC(CNC(=O)C2CCCN2)C1.Cl.Cl. The number of likely N-dealkylation sites (tertiary alicyclic amines) is 1. The summed E-state index contributed by atoms with van der Waals surface area (Å²) >= 11 is 1.41. The number of amides is 2. The van der Waals surface area contributed by atoms with Crippen molar-refractivity contribution in [1.82, 2.24) is 20.5 Å². The molecule has 2 N–H and O–H groups in total. The zero-order valence-electron chi connectivity index (χ0n) is 14.3. The minimum atomic E-state index is -0.0313. The van der Waals surface area contributed by atoms with Gasteiger partial charge in [0.1, 0.15) is 4.88 Å². The number of halogens is 2. The lowest BCUT2D eigenvalue weighted by molar-refractivity contribution is -0.123. The Balaban J connectivity index is 0.00000156. The molecule has 0 aliphatic carbocycles. The zero-order chi connectivity index (χ0) is 16.2. The van der Waals surface area contributed by atoms with Crippen LogP contribution in [0.15, 0.2) is 5.51 Å². The van der Waals surface area contributed by atoms with Gasteiger partial charge in [0.15, 0.2) is 0 Å². The third kappa shape index (κ3) is 5.54. The van der Waals surface area contributed by atoms with Crippen LogP contribution in [0.25, 0.3) is 0 Å². The highest BCUT2D eigenvalue weighted by Crippen LogP contribution is 2.21. The molecule has 2 fully saturated rings. The first kappa shape index (κ1) is 22.2. The largest absolute Gasteiger partial charge is 0.354 e. The molecule has 3 rings (SSSR count). The van der Waals surface area contributed by atoms with Gasteiger partial charge < -0.3 is 15.5 Å². The van der Waals surface area contributed by atoms with Crippen LogP contribution < -0.4 is 10.6 Å². The van der Waals surface area contributed by atoms with Gasteiger partial charge >= 0.3 is 0 Å². The number of nitrogens with zero attached hydrogens (tertiary/aromatic N) is 2. The zero-order valence-corrected chi connectivity index (χ0v) is 16.8. The number of aryl methyl sites for hydroxylation is 1. The summed E-state index contributed by atoms with van der Waals surface area (Å²) < 4.78 is 0. The van der Waals surface area contributed by atoms with E-state index in [0.717, 1.165) is 49.3 Å². The lowest BCUT2D eigenvalue weighted by atomic mass is 9.97. The fraction of sp³-hybridized carbons (Fsp3) is 0.688. The third-order valence-corrected chi connectivity index (χ3v) is 5.60. The van der Waals surface area contributed by atoms with Gasteiger partial charge in [-0.25, -0.2) is 4.98 Å². The summed E-state index contributed by atoms with van der Waals surface area (Å²) in [6, 6.07) is -0.0313. The number of hydrogen-bond donors (Lipinski definition) is 2. The normalized spacial score (nSPS) is 22.7. The Hall–Kier alpha value is -0.890. The number of hydrogen-bond acceptors (Lipinski definition) is 5. The van der Waals surface area contributed by atoms with E-state index in [9.17, 15) is 9.59 Å². The van der Waals surface area contributed by atoms with Crippen LogP contribution in [-0.2, 0) is 4.79 Å². The molecule has 142 valence electrons. The summed E-state index contributed by atoms with van der Waals surface area (Å²) in [6.45, 7) is 4.97. The topological polar surface area (TPSA) is 74.3 Å². The Morgan fingerprint density at radius 2 is 2.16 bits per heavy atom. The summed E-state index contributed by atoms with van der Waals surface area (Å²) in [4.78, 5) is 31.5. The Morgan fingerprint density at radius 1 is 1.36 bits per heavy atom. The minimum Gasteiger partial charge on any atom is -0.354 e. The highest BCUT2D eigenvalue weighted by molar-refractivity contribution is 7.11. The minimum absolute atomic E-state index is 0. The molecule has 6 nitrogen and oxygen atoms in total. The lowest BCUT2D eigenvalue weighted by Crippen LogP contribution is -2.46. The van der Waals surface area contributed by atoms with E-state index >= 15 is 0 Å². The van der Waals surface area contributed by atoms with Crippen molar-refractivity contribution >= 4 is 48.0 Å². The summed E-state index contributed by atoms with van der Waals surface area (Å²) in [5, 5.41) is 6.26. The van der Waals surface area contributed by atoms with Gasteiger partial charge in [-0.05, 0) is 45.1 Å². The number of nitrogens with one attached hydrogen (secondary N) is 2. The van der Waals surface area contributed by atoms with Crippen molar-refractivity contribution in [1.29, 1.82) is 0 Å². The number of carbonyl (C=O) groups excluding carboxylic acids is 2. The Bertz CT molecular complexity index is 578. The van der Waals surface area contributed by atoms with Crippen LogP contribution in [0.2, 0.25) is 0 Å². The molecule has 3 heterocycles. The Labute approximate surface area is 165 Å². The first-order valence-corrected chi connectivity index (χ1v) is 9.23. The maximum absolute atomic E-state index is 12.6. The van der Waals surface area contributed by atoms with Crippen LogP contribution in [0.5, 0.6) is 0 Å². The van der Waals surface area contributed by atoms with Crippen LogP contribution in [0.3, 0.4) is 0 Å². The average Bonchev–Trinajstić information content (AvgIpc) is 3.23. The van der Waals surface area contributed by atoms with Crippen LogP contribution in [-0.4, -0.2) is 53.9 Å². The second kappa shape index (κ2) is 10.3.